The minimum atomic E-state index is -0.869. The summed E-state index contributed by atoms with van der Waals surface area (Å²) in [6.07, 6.45) is 2.50. The molecule has 0 atom stereocenters. The third-order valence-corrected chi connectivity index (χ3v) is 7.29. The molecule has 0 aliphatic carbocycles. The van der Waals surface area contributed by atoms with Crippen molar-refractivity contribution >= 4 is 17.8 Å². The number of nitrogens with zero attached hydrogens (tertiary/aromatic N) is 3. The van der Waals surface area contributed by atoms with Gasteiger partial charge in [-0.1, -0.05) is 48.5 Å². The van der Waals surface area contributed by atoms with Crippen LogP contribution in [0.5, 0.6) is 0 Å². The van der Waals surface area contributed by atoms with E-state index in [-0.39, 0.29) is 23.9 Å². The topological polar surface area (TPSA) is 73.0 Å². The average molecular weight is 447 g/mol. The summed E-state index contributed by atoms with van der Waals surface area (Å²) in [4.78, 5) is 44.7. The van der Waals surface area contributed by atoms with E-state index in [0.29, 0.717) is 31.5 Å². The van der Waals surface area contributed by atoms with E-state index >= 15 is 0 Å². The zero-order valence-electron chi connectivity index (χ0n) is 18.8. The maximum Gasteiger partial charge on any atom is 0.325 e. The Morgan fingerprint density at radius 3 is 2.12 bits per heavy atom. The van der Waals surface area contributed by atoms with Crippen LogP contribution in [0.4, 0.5) is 4.79 Å². The minimum absolute atomic E-state index is 0.0233. The maximum absolute atomic E-state index is 13.4. The van der Waals surface area contributed by atoms with Gasteiger partial charge in [-0.25, -0.2) is 4.79 Å². The smallest absolute Gasteiger partial charge is 0.325 e. The van der Waals surface area contributed by atoms with E-state index in [4.69, 9.17) is 0 Å². The fourth-order valence-electron chi connectivity index (χ4n) is 5.34. The molecule has 172 valence electrons. The summed E-state index contributed by atoms with van der Waals surface area (Å²) in [5.41, 5.74) is 1.06. The molecule has 7 heteroatoms. The summed E-state index contributed by atoms with van der Waals surface area (Å²) in [7, 11) is 0. The van der Waals surface area contributed by atoms with Crippen molar-refractivity contribution in [2.45, 2.75) is 43.8 Å². The third kappa shape index (κ3) is 4.25. The van der Waals surface area contributed by atoms with Crippen molar-refractivity contribution < 1.29 is 14.4 Å². The Labute approximate surface area is 194 Å². The maximum atomic E-state index is 13.4. The molecule has 4 amide bonds. The summed E-state index contributed by atoms with van der Waals surface area (Å²) in [5, 5.41) is 3.00. The van der Waals surface area contributed by atoms with Crippen molar-refractivity contribution in [1.29, 1.82) is 0 Å². The summed E-state index contributed by atoms with van der Waals surface area (Å²) >= 11 is 0. The van der Waals surface area contributed by atoms with Crippen LogP contribution in [0, 0.1) is 0 Å². The number of imide groups is 1. The molecule has 1 N–H and O–H groups in total. The average Bonchev–Trinajstić information content (AvgIpc) is 3.09. The Balaban J connectivity index is 1.18. The van der Waals surface area contributed by atoms with Crippen molar-refractivity contribution in [3.63, 3.8) is 0 Å². The SMILES string of the molecule is O=C(c1ccccc1)N1CCC2(CC1)NC(=O)N(C1CCN(Cc3ccccc3)CC1)C2=O. The van der Waals surface area contributed by atoms with E-state index in [0.717, 1.165) is 32.5 Å². The summed E-state index contributed by atoms with van der Waals surface area (Å²) in [6, 6.07) is 19.2. The van der Waals surface area contributed by atoms with Gasteiger partial charge in [0, 0.05) is 44.3 Å². The van der Waals surface area contributed by atoms with Crippen LogP contribution in [0.1, 0.15) is 41.6 Å². The third-order valence-electron chi connectivity index (χ3n) is 7.29. The van der Waals surface area contributed by atoms with Gasteiger partial charge < -0.3 is 10.2 Å². The monoisotopic (exact) mass is 446 g/mol. The lowest BCUT2D eigenvalue weighted by Crippen LogP contribution is -2.56. The Morgan fingerprint density at radius 1 is 0.879 bits per heavy atom. The van der Waals surface area contributed by atoms with Crippen LogP contribution in [0.2, 0.25) is 0 Å². The van der Waals surface area contributed by atoms with Crippen LogP contribution in [0.15, 0.2) is 60.7 Å². The number of urea groups is 1. The highest BCUT2D eigenvalue weighted by atomic mass is 16.2. The van der Waals surface area contributed by atoms with Gasteiger partial charge in [-0.05, 0) is 43.4 Å². The van der Waals surface area contributed by atoms with Crippen LogP contribution in [0.3, 0.4) is 0 Å². The molecule has 3 saturated heterocycles. The molecule has 7 nitrogen and oxygen atoms in total. The molecular weight excluding hydrogens is 416 g/mol. The van der Waals surface area contributed by atoms with Crippen LogP contribution in [-0.4, -0.2) is 70.3 Å². The number of rotatable bonds is 4. The predicted octanol–water partition coefficient (Wildman–Crippen LogP) is 2.88. The lowest BCUT2D eigenvalue weighted by molar-refractivity contribution is -0.135. The molecule has 3 aliphatic heterocycles. The van der Waals surface area contributed by atoms with E-state index in [1.807, 2.05) is 36.4 Å². The number of hydrogen-bond donors (Lipinski definition) is 1. The highest BCUT2D eigenvalue weighted by molar-refractivity contribution is 6.07. The number of nitrogens with one attached hydrogen (secondary N) is 1. The quantitative estimate of drug-likeness (QED) is 0.733. The fourth-order valence-corrected chi connectivity index (χ4v) is 5.34. The number of piperidine rings is 2. The molecule has 0 saturated carbocycles. The molecule has 3 aliphatic rings. The molecule has 0 bridgehead atoms. The fraction of sp³-hybridized carbons (Fsp3) is 0.423. The first-order valence-corrected chi connectivity index (χ1v) is 11.8. The van der Waals surface area contributed by atoms with Gasteiger partial charge >= 0.3 is 6.03 Å². The molecule has 5 rings (SSSR count). The predicted molar refractivity (Wildman–Crippen MR) is 124 cm³/mol. The minimum Gasteiger partial charge on any atom is -0.338 e. The van der Waals surface area contributed by atoms with Gasteiger partial charge in [-0.2, -0.15) is 0 Å². The molecule has 3 fully saturated rings. The standard InChI is InChI=1S/C26H30N4O3/c31-23(21-9-5-2-6-10-21)29-17-13-26(14-18-29)24(32)30(25(33)27-26)22-11-15-28(16-12-22)19-20-7-3-1-4-8-20/h1-10,22H,11-19H2,(H,27,33). The Hall–Kier alpha value is -3.19. The summed E-state index contributed by atoms with van der Waals surface area (Å²) < 4.78 is 0. The molecule has 3 heterocycles. The Kier molecular flexibility index (Phi) is 5.89. The molecule has 2 aromatic carbocycles. The number of likely N-dealkylation sites (tertiary alicyclic amines) is 2. The summed E-state index contributed by atoms with van der Waals surface area (Å²) in [5.74, 6) is -0.134. The molecule has 1 spiro atoms. The van der Waals surface area contributed by atoms with Gasteiger partial charge in [0.05, 0.1) is 0 Å². The number of benzene rings is 2. The van der Waals surface area contributed by atoms with Crippen LogP contribution in [-0.2, 0) is 11.3 Å². The van der Waals surface area contributed by atoms with Crippen LogP contribution in [0.25, 0.3) is 0 Å². The Morgan fingerprint density at radius 2 is 1.48 bits per heavy atom. The van der Waals surface area contributed by atoms with E-state index in [1.165, 1.54) is 10.5 Å². The molecule has 33 heavy (non-hydrogen) atoms. The van der Waals surface area contributed by atoms with Gasteiger partial charge in [-0.3, -0.25) is 19.4 Å². The van der Waals surface area contributed by atoms with E-state index in [9.17, 15) is 14.4 Å². The van der Waals surface area contributed by atoms with Gasteiger partial charge in [0.15, 0.2) is 0 Å². The molecule has 0 unspecified atom stereocenters. The highest BCUT2D eigenvalue weighted by Crippen LogP contribution is 2.33. The second kappa shape index (κ2) is 8.98. The van der Waals surface area contributed by atoms with Crippen molar-refractivity contribution in [1.82, 2.24) is 20.0 Å². The van der Waals surface area contributed by atoms with Gasteiger partial charge in [0.2, 0.25) is 0 Å². The van der Waals surface area contributed by atoms with Crippen molar-refractivity contribution in [2.24, 2.45) is 0 Å². The second-order valence-electron chi connectivity index (χ2n) is 9.34. The van der Waals surface area contributed by atoms with E-state index in [2.05, 4.69) is 22.3 Å². The molecule has 0 radical (unpaired) electrons. The van der Waals surface area contributed by atoms with Crippen molar-refractivity contribution in [3.8, 4) is 0 Å². The van der Waals surface area contributed by atoms with Crippen molar-refractivity contribution in [2.75, 3.05) is 26.2 Å². The van der Waals surface area contributed by atoms with E-state index in [1.54, 1.807) is 17.0 Å². The highest BCUT2D eigenvalue weighted by Gasteiger charge is 2.54. The first-order valence-electron chi connectivity index (χ1n) is 11.8. The van der Waals surface area contributed by atoms with Crippen LogP contribution < -0.4 is 5.32 Å². The first-order chi connectivity index (χ1) is 16.1. The number of hydrogen-bond acceptors (Lipinski definition) is 4. The second-order valence-corrected chi connectivity index (χ2v) is 9.34. The van der Waals surface area contributed by atoms with Gasteiger partial charge in [-0.15, -0.1) is 0 Å². The Bertz CT molecular complexity index is 1010. The normalized spacial score (nSPS) is 21.5. The number of carbonyl (C=O) groups is 3. The number of carbonyl (C=O) groups excluding carboxylic acids is 3. The summed E-state index contributed by atoms with van der Waals surface area (Å²) in [6.45, 7) is 3.54. The van der Waals surface area contributed by atoms with Gasteiger partial charge in [0.1, 0.15) is 5.54 Å². The van der Waals surface area contributed by atoms with E-state index < -0.39 is 5.54 Å². The van der Waals surface area contributed by atoms with Crippen LogP contribution >= 0.6 is 0 Å². The lowest BCUT2D eigenvalue weighted by atomic mass is 9.86. The lowest BCUT2D eigenvalue weighted by Gasteiger charge is -2.38. The zero-order valence-corrected chi connectivity index (χ0v) is 18.8. The first kappa shape index (κ1) is 21.6. The molecular formula is C26H30N4O3. The number of amides is 4. The van der Waals surface area contributed by atoms with Crippen molar-refractivity contribution in [3.05, 3.63) is 71.8 Å². The molecule has 0 aromatic heterocycles. The zero-order chi connectivity index (χ0) is 22.8. The largest absolute Gasteiger partial charge is 0.338 e. The van der Waals surface area contributed by atoms with Gasteiger partial charge in [0.25, 0.3) is 11.8 Å². The molecule has 2 aromatic rings.